The van der Waals surface area contributed by atoms with Crippen LogP contribution >= 0.6 is 0 Å². The van der Waals surface area contributed by atoms with Gasteiger partial charge in [-0.05, 0) is 77.0 Å². The van der Waals surface area contributed by atoms with E-state index in [-0.39, 0.29) is 18.9 Å². The van der Waals surface area contributed by atoms with Gasteiger partial charge in [0, 0.05) is 6.42 Å². The van der Waals surface area contributed by atoms with Crippen molar-refractivity contribution < 1.29 is 64.6 Å². The molecular weight excluding hydrogens is 979 g/mol. The molecule has 1 amide bonds. The largest absolute Gasteiger partial charge is 0.394 e. The Balaban J connectivity index is 1.77. The molecule has 12 unspecified atom stereocenters. The Bertz CT molecular complexity index is 1660. The minimum Gasteiger partial charge on any atom is -0.394 e. The number of carbonyl (C=O) groups excluding carboxylic acids is 1. The van der Waals surface area contributed by atoms with E-state index in [4.69, 9.17) is 18.9 Å². The molecule has 2 saturated heterocycles. The van der Waals surface area contributed by atoms with Crippen LogP contribution in [0, 0.1) is 0 Å². The van der Waals surface area contributed by atoms with Crippen LogP contribution in [0.3, 0.4) is 0 Å². The van der Waals surface area contributed by atoms with Gasteiger partial charge in [-0.25, -0.2) is 0 Å². The third-order valence-corrected chi connectivity index (χ3v) is 14.0. The lowest BCUT2D eigenvalue weighted by Gasteiger charge is -2.46. The second-order valence-corrected chi connectivity index (χ2v) is 20.7. The van der Waals surface area contributed by atoms with Crippen molar-refractivity contribution in [2.75, 3.05) is 19.8 Å². The maximum atomic E-state index is 13.3. The summed E-state index contributed by atoms with van der Waals surface area (Å²) in [5.41, 5.74) is 0. The molecule has 2 aliphatic rings. The van der Waals surface area contributed by atoms with Crippen LogP contribution in [0.4, 0.5) is 0 Å². The van der Waals surface area contributed by atoms with Gasteiger partial charge >= 0.3 is 0 Å². The van der Waals surface area contributed by atoms with E-state index < -0.39 is 86.8 Å². The molecule has 12 atom stereocenters. The van der Waals surface area contributed by atoms with E-state index in [1.807, 2.05) is 6.08 Å². The zero-order valence-corrected chi connectivity index (χ0v) is 47.4. The molecule has 0 radical (unpaired) electrons. The molecular formula is C63H107NO13. The molecule has 77 heavy (non-hydrogen) atoms. The van der Waals surface area contributed by atoms with Crippen LogP contribution in [-0.2, 0) is 23.7 Å². The third kappa shape index (κ3) is 33.3. The van der Waals surface area contributed by atoms with Crippen molar-refractivity contribution in [3.8, 4) is 0 Å². The van der Waals surface area contributed by atoms with Crippen LogP contribution in [0.25, 0.3) is 0 Å². The van der Waals surface area contributed by atoms with Gasteiger partial charge in [-0.1, -0.05) is 214 Å². The number of unbranched alkanes of at least 4 members (excludes halogenated alkanes) is 19. The van der Waals surface area contributed by atoms with Crippen molar-refractivity contribution in [2.45, 2.75) is 274 Å². The summed E-state index contributed by atoms with van der Waals surface area (Å²) in [7, 11) is 0. The number of aliphatic hydroxyl groups excluding tert-OH is 8. The van der Waals surface area contributed by atoms with E-state index in [9.17, 15) is 45.6 Å². The van der Waals surface area contributed by atoms with Crippen LogP contribution in [0.15, 0.2) is 97.2 Å². The van der Waals surface area contributed by atoms with Crippen molar-refractivity contribution >= 4 is 5.91 Å². The number of carbonyl (C=O) groups is 1. The van der Waals surface area contributed by atoms with Crippen LogP contribution in [0.5, 0.6) is 0 Å². The summed E-state index contributed by atoms with van der Waals surface area (Å²) in [5, 5.41) is 87.1. The number of amides is 1. The molecule has 442 valence electrons. The van der Waals surface area contributed by atoms with Gasteiger partial charge < -0.3 is 65.1 Å². The first-order valence-electron chi connectivity index (χ1n) is 30.0. The highest BCUT2D eigenvalue weighted by Gasteiger charge is 2.51. The van der Waals surface area contributed by atoms with Gasteiger partial charge in [-0.2, -0.15) is 0 Å². The Morgan fingerprint density at radius 1 is 0.481 bits per heavy atom. The monoisotopic (exact) mass is 1090 g/mol. The topological polar surface area (TPSA) is 228 Å². The quantitative estimate of drug-likeness (QED) is 0.0205. The second kappa shape index (κ2) is 47.7. The normalized spacial score (nSPS) is 25.4. The highest BCUT2D eigenvalue weighted by atomic mass is 16.7. The maximum absolute atomic E-state index is 13.3. The number of hydrogen-bond donors (Lipinski definition) is 9. The summed E-state index contributed by atoms with van der Waals surface area (Å²) in [6, 6.07) is -0.932. The molecule has 0 aromatic rings. The summed E-state index contributed by atoms with van der Waals surface area (Å²) in [6.45, 7) is 2.66. The summed E-state index contributed by atoms with van der Waals surface area (Å²) in [4.78, 5) is 13.3. The molecule has 2 aliphatic heterocycles. The molecule has 14 heteroatoms. The van der Waals surface area contributed by atoms with Crippen molar-refractivity contribution in [2.24, 2.45) is 0 Å². The molecule has 9 N–H and O–H groups in total. The third-order valence-electron chi connectivity index (χ3n) is 14.0. The standard InChI is InChI=1S/C63H107NO13/c1-3-5-7-9-11-13-15-17-19-21-22-23-24-25-26-27-28-29-30-31-33-35-37-39-41-43-45-47-55(68)64-51(52(67)46-44-42-40-38-36-34-32-20-18-16-14-12-10-8-6-4-2)50-74-62-60(73)58(71)61(54(49-66)76-62)77-63-59(72)57(70)56(69)53(48-65)75-63/h5,7,11,13,17,19,22-23,25-26,28-29,31,33,44,46,51-54,56-63,65-67,69-73H,3-4,6,8-10,12,14-16,18,20-21,24,27,30,32,34-43,45,47-50H2,1-2H3,(H,64,68)/b7-5-,13-11-,19-17-,23-22-,26-25-,29-28-,33-31-,46-44+. The molecule has 0 saturated carbocycles. The highest BCUT2D eigenvalue weighted by molar-refractivity contribution is 5.76. The molecule has 0 aromatic heterocycles. The molecule has 0 aliphatic carbocycles. The van der Waals surface area contributed by atoms with Gasteiger partial charge in [0.2, 0.25) is 5.91 Å². The smallest absolute Gasteiger partial charge is 0.220 e. The first-order valence-corrected chi connectivity index (χ1v) is 30.0. The zero-order valence-electron chi connectivity index (χ0n) is 47.4. The number of ether oxygens (including phenoxy) is 4. The van der Waals surface area contributed by atoms with Crippen LogP contribution < -0.4 is 5.32 Å². The molecule has 2 fully saturated rings. The average molecular weight is 1090 g/mol. The van der Waals surface area contributed by atoms with E-state index in [0.717, 1.165) is 96.3 Å². The maximum Gasteiger partial charge on any atom is 0.220 e. The Morgan fingerprint density at radius 2 is 0.896 bits per heavy atom. The Hall–Kier alpha value is -3.09. The summed E-state index contributed by atoms with van der Waals surface area (Å²) in [6.07, 6.45) is 48.6. The van der Waals surface area contributed by atoms with Gasteiger partial charge in [0.15, 0.2) is 12.6 Å². The molecule has 2 heterocycles. The predicted molar refractivity (Wildman–Crippen MR) is 309 cm³/mol. The summed E-state index contributed by atoms with van der Waals surface area (Å²) < 4.78 is 22.8. The number of hydrogen-bond acceptors (Lipinski definition) is 13. The summed E-state index contributed by atoms with van der Waals surface area (Å²) in [5.74, 6) is -0.262. The zero-order chi connectivity index (χ0) is 56.0. The first kappa shape index (κ1) is 70.0. The highest BCUT2D eigenvalue weighted by Crippen LogP contribution is 2.30. The summed E-state index contributed by atoms with van der Waals surface area (Å²) >= 11 is 0. The van der Waals surface area contributed by atoms with Crippen LogP contribution in [-0.4, -0.2) is 140 Å². The lowest BCUT2D eigenvalue weighted by molar-refractivity contribution is -0.359. The molecule has 0 spiro atoms. The average Bonchev–Trinajstić information content (AvgIpc) is 3.43. The lowest BCUT2D eigenvalue weighted by atomic mass is 9.97. The van der Waals surface area contributed by atoms with Gasteiger partial charge in [0.25, 0.3) is 0 Å². The minimum atomic E-state index is -1.79. The molecule has 14 nitrogen and oxygen atoms in total. The van der Waals surface area contributed by atoms with Gasteiger partial charge in [-0.3, -0.25) is 4.79 Å². The fourth-order valence-corrected chi connectivity index (χ4v) is 9.21. The van der Waals surface area contributed by atoms with Crippen molar-refractivity contribution in [3.63, 3.8) is 0 Å². The molecule has 0 bridgehead atoms. The van der Waals surface area contributed by atoms with Gasteiger partial charge in [0.05, 0.1) is 32.0 Å². The minimum absolute atomic E-state index is 0.253. The van der Waals surface area contributed by atoms with E-state index in [1.54, 1.807) is 6.08 Å². The fraction of sp³-hybridized carbons (Fsp3) is 0.730. The number of rotatable bonds is 46. The van der Waals surface area contributed by atoms with Gasteiger partial charge in [-0.15, -0.1) is 0 Å². The predicted octanol–water partition coefficient (Wildman–Crippen LogP) is 10.3. The van der Waals surface area contributed by atoms with Crippen molar-refractivity contribution in [3.05, 3.63) is 97.2 Å². The van der Waals surface area contributed by atoms with E-state index >= 15 is 0 Å². The van der Waals surface area contributed by atoms with Crippen LogP contribution in [0.1, 0.15) is 200 Å². The Morgan fingerprint density at radius 3 is 1.38 bits per heavy atom. The SMILES string of the molecule is CC/C=C\C/C=C\C/C=C\C/C=C\C/C=C\C/C=C\C/C=C\CCCCCCCC(=O)NC(COC1OC(CO)C(OC2OC(CO)C(O)C(O)C2O)C(O)C1O)C(O)/C=C/CCCCCCCCCCCCCCCC. The Labute approximate surface area is 464 Å². The molecule has 2 rings (SSSR count). The molecule has 0 aromatic carbocycles. The van der Waals surface area contributed by atoms with E-state index in [2.05, 4.69) is 104 Å². The number of allylic oxidation sites excluding steroid dienone is 15. The van der Waals surface area contributed by atoms with E-state index in [0.29, 0.717) is 6.42 Å². The first-order chi connectivity index (χ1) is 37.6. The van der Waals surface area contributed by atoms with Gasteiger partial charge in [0.1, 0.15) is 48.8 Å². The van der Waals surface area contributed by atoms with Crippen molar-refractivity contribution in [1.82, 2.24) is 5.32 Å². The number of nitrogens with one attached hydrogen (secondary N) is 1. The van der Waals surface area contributed by atoms with Crippen molar-refractivity contribution in [1.29, 1.82) is 0 Å². The number of aliphatic hydroxyl groups is 8. The second-order valence-electron chi connectivity index (χ2n) is 20.7. The lowest BCUT2D eigenvalue weighted by Crippen LogP contribution is -2.65. The van der Waals surface area contributed by atoms with E-state index in [1.165, 1.54) is 77.0 Å². The fourth-order valence-electron chi connectivity index (χ4n) is 9.21. The van der Waals surface area contributed by atoms with Crippen LogP contribution in [0.2, 0.25) is 0 Å². The Kier molecular flexibility index (Phi) is 43.4.